The largest absolute Gasteiger partial charge is 0.468 e. The predicted molar refractivity (Wildman–Crippen MR) is 99.5 cm³/mol. The van der Waals surface area contributed by atoms with Crippen LogP contribution in [0.15, 0.2) is 34.9 Å². The van der Waals surface area contributed by atoms with E-state index in [-0.39, 0.29) is 23.7 Å². The number of halogens is 1. The van der Waals surface area contributed by atoms with Crippen LogP contribution in [0.1, 0.15) is 40.7 Å². The van der Waals surface area contributed by atoms with E-state index in [2.05, 4.69) is 10.5 Å². The van der Waals surface area contributed by atoms with Crippen LogP contribution in [0.2, 0.25) is 5.02 Å². The zero-order chi connectivity index (χ0) is 19.4. The molecule has 1 saturated heterocycles. The van der Waals surface area contributed by atoms with E-state index in [0.717, 1.165) is 5.56 Å². The zero-order valence-electron chi connectivity index (χ0n) is 15.3. The highest BCUT2D eigenvalue weighted by atomic mass is 35.5. The molecule has 1 aliphatic heterocycles. The Bertz CT molecular complexity index is 815. The predicted octanol–water partition coefficient (Wildman–Crippen LogP) is 2.74. The molecular weight excluding hydrogens is 370 g/mol. The molecule has 1 N–H and O–H groups in total. The number of aryl methyl sites for hydroxylation is 1. The highest BCUT2D eigenvalue weighted by molar-refractivity contribution is 6.31. The molecule has 0 unspecified atom stereocenters. The molecule has 7 nitrogen and oxygen atoms in total. The number of rotatable bonds is 5. The maximum absolute atomic E-state index is 12.4. The molecule has 0 bridgehead atoms. The van der Waals surface area contributed by atoms with Gasteiger partial charge in [0.1, 0.15) is 6.04 Å². The summed E-state index contributed by atoms with van der Waals surface area (Å²) in [5.41, 5.74) is 1.39. The number of aromatic nitrogens is 1. The average molecular weight is 392 g/mol. The molecule has 1 fully saturated rings. The number of carbonyl (C=O) groups is 2. The van der Waals surface area contributed by atoms with Crippen LogP contribution in [0.3, 0.4) is 0 Å². The Morgan fingerprint density at radius 3 is 2.63 bits per heavy atom. The van der Waals surface area contributed by atoms with Gasteiger partial charge in [-0.25, -0.2) is 4.79 Å². The molecule has 27 heavy (non-hydrogen) atoms. The molecule has 1 amide bonds. The number of nitrogens with zero attached hydrogens (tertiary/aromatic N) is 2. The minimum absolute atomic E-state index is 0.00342. The van der Waals surface area contributed by atoms with Crippen molar-refractivity contribution in [3.8, 4) is 0 Å². The van der Waals surface area contributed by atoms with Gasteiger partial charge in [0.15, 0.2) is 0 Å². The SMILES string of the molecule is COC(=O)[C@H](c1ccccc1Cl)N1CCC(NC(=O)c2cc(C)no2)CC1. The van der Waals surface area contributed by atoms with E-state index in [1.807, 2.05) is 23.1 Å². The number of hydrogen-bond donors (Lipinski definition) is 1. The van der Waals surface area contributed by atoms with E-state index in [1.54, 1.807) is 19.1 Å². The first-order valence-electron chi connectivity index (χ1n) is 8.80. The maximum Gasteiger partial charge on any atom is 0.327 e. The van der Waals surface area contributed by atoms with Crippen molar-refractivity contribution in [2.75, 3.05) is 20.2 Å². The van der Waals surface area contributed by atoms with E-state index in [4.69, 9.17) is 20.9 Å². The number of benzene rings is 1. The molecule has 0 spiro atoms. The van der Waals surface area contributed by atoms with Crippen LogP contribution in [-0.2, 0) is 9.53 Å². The first-order chi connectivity index (χ1) is 13.0. The zero-order valence-corrected chi connectivity index (χ0v) is 16.0. The number of carbonyl (C=O) groups excluding carboxylic acids is 2. The number of likely N-dealkylation sites (tertiary alicyclic amines) is 1. The lowest BCUT2D eigenvalue weighted by Crippen LogP contribution is -2.47. The summed E-state index contributed by atoms with van der Waals surface area (Å²) in [7, 11) is 1.37. The van der Waals surface area contributed by atoms with Gasteiger partial charge in [-0.05, 0) is 31.4 Å². The Morgan fingerprint density at radius 2 is 2.04 bits per heavy atom. The Morgan fingerprint density at radius 1 is 1.33 bits per heavy atom. The molecule has 0 radical (unpaired) electrons. The van der Waals surface area contributed by atoms with Crippen molar-refractivity contribution in [3.05, 3.63) is 52.4 Å². The second-order valence-electron chi connectivity index (χ2n) is 6.56. The van der Waals surface area contributed by atoms with Crippen LogP contribution < -0.4 is 5.32 Å². The fraction of sp³-hybridized carbons (Fsp3) is 0.421. The topological polar surface area (TPSA) is 84.7 Å². The molecule has 1 atom stereocenters. The Kier molecular flexibility index (Phi) is 6.13. The summed E-state index contributed by atoms with van der Waals surface area (Å²) in [4.78, 5) is 26.6. The van der Waals surface area contributed by atoms with Gasteiger partial charge in [0.05, 0.1) is 12.8 Å². The lowest BCUT2D eigenvalue weighted by atomic mass is 9.99. The van der Waals surface area contributed by atoms with Crippen molar-refractivity contribution in [2.24, 2.45) is 0 Å². The third kappa shape index (κ3) is 4.48. The minimum atomic E-state index is -0.558. The molecule has 2 aromatic rings. The molecular formula is C19H22ClN3O4. The van der Waals surface area contributed by atoms with Crippen LogP contribution in [0.25, 0.3) is 0 Å². The normalized spacial score (nSPS) is 16.7. The molecule has 0 aliphatic carbocycles. The summed E-state index contributed by atoms with van der Waals surface area (Å²) in [5.74, 6) is -0.411. The van der Waals surface area contributed by atoms with E-state index >= 15 is 0 Å². The fourth-order valence-electron chi connectivity index (χ4n) is 3.31. The van der Waals surface area contributed by atoms with Crippen LogP contribution in [0.4, 0.5) is 0 Å². The minimum Gasteiger partial charge on any atom is -0.468 e. The third-order valence-corrected chi connectivity index (χ3v) is 5.05. The van der Waals surface area contributed by atoms with Crippen molar-refractivity contribution in [1.82, 2.24) is 15.4 Å². The van der Waals surface area contributed by atoms with Crippen molar-refractivity contribution in [2.45, 2.75) is 31.8 Å². The van der Waals surface area contributed by atoms with Gasteiger partial charge in [0.25, 0.3) is 5.91 Å². The van der Waals surface area contributed by atoms with E-state index in [0.29, 0.717) is 36.6 Å². The Hall–Kier alpha value is -2.38. The van der Waals surface area contributed by atoms with Crippen LogP contribution in [0.5, 0.6) is 0 Å². The lowest BCUT2D eigenvalue weighted by Gasteiger charge is -2.36. The van der Waals surface area contributed by atoms with Crippen molar-refractivity contribution in [3.63, 3.8) is 0 Å². The van der Waals surface area contributed by atoms with Gasteiger partial charge in [-0.2, -0.15) is 0 Å². The fourth-order valence-corrected chi connectivity index (χ4v) is 3.55. The smallest absolute Gasteiger partial charge is 0.327 e. The third-order valence-electron chi connectivity index (χ3n) is 4.71. The molecule has 144 valence electrons. The molecule has 0 saturated carbocycles. The summed E-state index contributed by atoms with van der Waals surface area (Å²) < 4.78 is 9.99. The highest BCUT2D eigenvalue weighted by Crippen LogP contribution is 2.30. The second kappa shape index (κ2) is 8.54. The van der Waals surface area contributed by atoms with Gasteiger partial charge in [0.2, 0.25) is 5.76 Å². The Labute approximate surface area is 162 Å². The van der Waals surface area contributed by atoms with Gasteiger partial charge in [-0.15, -0.1) is 0 Å². The molecule has 8 heteroatoms. The number of methoxy groups -OCH3 is 1. The van der Waals surface area contributed by atoms with E-state index in [9.17, 15) is 9.59 Å². The number of nitrogens with one attached hydrogen (secondary N) is 1. The molecule has 1 aromatic carbocycles. The average Bonchev–Trinajstić information content (AvgIpc) is 3.11. The summed E-state index contributed by atoms with van der Waals surface area (Å²) in [6.07, 6.45) is 1.41. The van der Waals surface area contributed by atoms with E-state index < -0.39 is 6.04 Å². The Balaban J connectivity index is 1.65. The molecule has 1 aromatic heterocycles. The molecule has 2 heterocycles. The molecule has 1 aliphatic rings. The second-order valence-corrected chi connectivity index (χ2v) is 6.97. The van der Waals surface area contributed by atoms with Crippen molar-refractivity contribution >= 4 is 23.5 Å². The number of hydrogen-bond acceptors (Lipinski definition) is 6. The lowest BCUT2D eigenvalue weighted by molar-refractivity contribution is -0.147. The maximum atomic E-state index is 12.4. The van der Waals surface area contributed by atoms with Gasteiger partial charge in [-0.1, -0.05) is 35.0 Å². The van der Waals surface area contributed by atoms with E-state index in [1.165, 1.54) is 7.11 Å². The monoisotopic (exact) mass is 391 g/mol. The standard InChI is InChI=1S/C19H22ClN3O4/c1-12-11-16(27-22-12)18(24)21-13-7-9-23(10-8-13)17(19(25)26-2)14-5-3-4-6-15(14)20/h3-6,11,13,17H,7-10H2,1-2H3,(H,21,24)/t17-/m0/s1. The number of ether oxygens (including phenoxy) is 1. The van der Waals surface area contributed by atoms with Crippen molar-refractivity contribution < 1.29 is 18.8 Å². The molecule has 3 rings (SSSR count). The first-order valence-corrected chi connectivity index (χ1v) is 9.18. The van der Waals surface area contributed by atoms with Gasteiger partial charge in [0, 0.05) is 30.2 Å². The van der Waals surface area contributed by atoms with Crippen LogP contribution in [-0.4, -0.2) is 48.2 Å². The summed E-state index contributed by atoms with van der Waals surface area (Å²) in [5, 5.41) is 7.22. The first kappa shape index (κ1) is 19.4. The number of esters is 1. The summed E-state index contributed by atoms with van der Waals surface area (Å²) in [6.45, 7) is 3.02. The van der Waals surface area contributed by atoms with Crippen LogP contribution >= 0.6 is 11.6 Å². The summed E-state index contributed by atoms with van der Waals surface area (Å²) >= 11 is 6.30. The quantitative estimate of drug-likeness (QED) is 0.789. The van der Waals surface area contributed by atoms with Gasteiger partial charge >= 0.3 is 5.97 Å². The summed E-state index contributed by atoms with van der Waals surface area (Å²) in [6, 6.07) is 8.33. The van der Waals surface area contributed by atoms with Crippen LogP contribution in [0, 0.1) is 6.92 Å². The highest BCUT2D eigenvalue weighted by Gasteiger charge is 2.33. The number of amides is 1. The van der Waals surface area contributed by atoms with Gasteiger partial charge in [-0.3, -0.25) is 9.69 Å². The number of piperidine rings is 1. The van der Waals surface area contributed by atoms with Gasteiger partial charge < -0.3 is 14.6 Å². The van der Waals surface area contributed by atoms with Crippen molar-refractivity contribution in [1.29, 1.82) is 0 Å².